The van der Waals surface area contributed by atoms with Crippen molar-refractivity contribution in [2.24, 2.45) is 5.73 Å². The summed E-state index contributed by atoms with van der Waals surface area (Å²) in [6.07, 6.45) is 3.23. The fourth-order valence-electron chi connectivity index (χ4n) is 1.07. The molecule has 0 bridgehead atoms. The number of halogens is 1. The number of carbonyl (C=O) groups excluding carboxylic acids is 1. The minimum absolute atomic E-state index is 0. The van der Waals surface area contributed by atoms with Crippen molar-refractivity contribution in [3.05, 3.63) is 30.1 Å². The zero-order valence-corrected chi connectivity index (χ0v) is 7.47. The van der Waals surface area contributed by atoms with Crippen LogP contribution in [0.15, 0.2) is 24.5 Å². The summed E-state index contributed by atoms with van der Waals surface area (Å²) in [6.45, 7) is 0. The second-order valence-electron chi connectivity index (χ2n) is 2.50. The minimum atomic E-state index is -0.453. The number of aromatic amines is 1. The predicted octanol–water partition coefficient (Wildman–Crippen LogP) is 1.08. The molecular formula is C8H8ClN3O. The Morgan fingerprint density at radius 2 is 2.31 bits per heavy atom. The summed E-state index contributed by atoms with van der Waals surface area (Å²) in [5.41, 5.74) is 6.28. The van der Waals surface area contributed by atoms with Crippen LogP contribution in [-0.4, -0.2) is 15.9 Å². The van der Waals surface area contributed by atoms with Gasteiger partial charge in [0.2, 0.25) is 5.91 Å². The molecule has 0 aromatic carbocycles. The molecule has 2 aromatic rings. The molecule has 0 radical (unpaired) electrons. The van der Waals surface area contributed by atoms with Crippen LogP contribution in [0.5, 0.6) is 0 Å². The number of amides is 1. The largest absolute Gasteiger partial charge is 0.366 e. The van der Waals surface area contributed by atoms with Gasteiger partial charge in [0.05, 0.1) is 5.56 Å². The van der Waals surface area contributed by atoms with Gasteiger partial charge in [-0.15, -0.1) is 12.4 Å². The second kappa shape index (κ2) is 3.45. The molecular weight excluding hydrogens is 190 g/mol. The Bertz CT molecular complexity index is 438. The van der Waals surface area contributed by atoms with Gasteiger partial charge in [-0.2, -0.15) is 0 Å². The lowest BCUT2D eigenvalue weighted by Crippen LogP contribution is -2.10. The van der Waals surface area contributed by atoms with Crippen molar-refractivity contribution in [3.63, 3.8) is 0 Å². The highest BCUT2D eigenvalue weighted by Gasteiger charge is 2.02. The van der Waals surface area contributed by atoms with E-state index in [9.17, 15) is 4.79 Å². The Morgan fingerprint density at radius 3 is 3.00 bits per heavy atom. The van der Waals surface area contributed by atoms with Crippen LogP contribution >= 0.6 is 12.4 Å². The van der Waals surface area contributed by atoms with E-state index in [0.29, 0.717) is 5.56 Å². The molecule has 0 saturated heterocycles. The molecule has 0 atom stereocenters. The molecule has 1 amide bonds. The number of hydrogen-bond acceptors (Lipinski definition) is 2. The van der Waals surface area contributed by atoms with E-state index in [1.807, 2.05) is 6.07 Å². The predicted molar refractivity (Wildman–Crippen MR) is 51.9 cm³/mol. The van der Waals surface area contributed by atoms with E-state index in [-0.39, 0.29) is 12.4 Å². The molecule has 2 aromatic heterocycles. The molecule has 68 valence electrons. The standard InChI is InChI=1S/C8H7N3O.ClH/c9-7(12)6-3-5-1-2-10-8(5)11-4-6;/h1-4H,(H2,9,12)(H,10,11);1H. The van der Waals surface area contributed by atoms with Gasteiger partial charge in [-0.05, 0) is 12.1 Å². The molecule has 3 N–H and O–H groups in total. The van der Waals surface area contributed by atoms with E-state index in [0.717, 1.165) is 11.0 Å². The maximum Gasteiger partial charge on any atom is 0.250 e. The van der Waals surface area contributed by atoms with Gasteiger partial charge in [0.1, 0.15) is 5.65 Å². The summed E-state index contributed by atoms with van der Waals surface area (Å²) in [4.78, 5) is 17.7. The summed E-state index contributed by atoms with van der Waals surface area (Å²) in [5, 5.41) is 0.895. The molecule has 2 rings (SSSR count). The van der Waals surface area contributed by atoms with Crippen LogP contribution in [0.1, 0.15) is 10.4 Å². The van der Waals surface area contributed by atoms with Gasteiger partial charge in [-0.1, -0.05) is 0 Å². The van der Waals surface area contributed by atoms with Crippen molar-refractivity contribution in [2.75, 3.05) is 0 Å². The van der Waals surface area contributed by atoms with E-state index in [2.05, 4.69) is 9.97 Å². The highest BCUT2D eigenvalue weighted by Crippen LogP contribution is 2.10. The molecule has 2 heterocycles. The molecule has 0 aliphatic heterocycles. The van der Waals surface area contributed by atoms with Crippen molar-refractivity contribution in [1.82, 2.24) is 9.97 Å². The first kappa shape index (κ1) is 9.54. The fraction of sp³-hybridized carbons (Fsp3) is 0. The third kappa shape index (κ3) is 1.62. The molecule has 0 aliphatic carbocycles. The normalized spacial score (nSPS) is 9.54. The molecule has 13 heavy (non-hydrogen) atoms. The van der Waals surface area contributed by atoms with Crippen molar-refractivity contribution in [3.8, 4) is 0 Å². The molecule has 0 saturated carbocycles. The van der Waals surface area contributed by atoms with E-state index in [1.165, 1.54) is 6.20 Å². The molecule has 5 heteroatoms. The summed E-state index contributed by atoms with van der Waals surface area (Å²) in [7, 11) is 0. The number of H-pyrrole nitrogens is 1. The smallest absolute Gasteiger partial charge is 0.250 e. The van der Waals surface area contributed by atoms with Crippen LogP contribution in [0.4, 0.5) is 0 Å². The maximum atomic E-state index is 10.7. The topological polar surface area (TPSA) is 71.8 Å². The Hall–Kier alpha value is -1.55. The van der Waals surface area contributed by atoms with Crippen molar-refractivity contribution < 1.29 is 4.79 Å². The minimum Gasteiger partial charge on any atom is -0.366 e. The number of hydrogen-bond donors (Lipinski definition) is 2. The number of nitrogens with one attached hydrogen (secondary N) is 1. The van der Waals surface area contributed by atoms with Gasteiger partial charge in [0.25, 0.3) is 0 Å². The average Bonchev–Trinajstić information content (AvgIpc) is 2.49. The zero-order valence-electron chi connectivity index (χ0n) is 6.65. The molecule has 0 fully saturated rings. The number of rotatable bonds is 1. The summed E-state index contributed by atoms with van der Waals surface area (Å²) in [6, 6.07) is 3.55. The lowest BCUT2D eigenvalue weighted by Gasteiger charge is -1.93. The number of aromatic nitrogens is 2. The Labute approximate surface area is 80.6 Å². The van der Waals surface area contributed by atoms with Gasteiger partial charge < -0.3 is 10.7 Å². The van der Waals surface area contributed by atoms with Gasteiger partial charge in [-0.25, -0.2) is 4.98 Å². The van der Waals surface area contributed by atoms with Crippen LogP contribution in [0, 0.1) is 0 Å². The molecule has 0 aliphatic rings. The molecule has 0 spiro atoms. The fourth-order valence-corrected chi connectivity index (χ4v) is 1.07. The third-order valence-electron chi connectivity index (χ3n) is 1.68. The number of carbonyl (C=O) groups is 1. The van der Waals surface area contributed by atoms with Crippen molar-refractivity contribution >= 4 is 29.3 Å². The highest BCUT2D eigenvalue weighted by atomic mass is 35.5. The first-order chi connectivity index (χ1) is 5.77. The summed E-state index contributed by atoms with van der Waals surface area (Å²) >= 11 is 0. The van der Waals surface area contributed by atoms with E-state index in [1.54, 1.807) is 12.3 Å². The van der Waals surface area contributed by atoms with Crippen LogP contribution in [0.2, 0.25) is 0 Å². The van der Waals surface area contributed by atoms with Crippen LogP contribution < -0.4 is 5.73 Å². The number of nitrogens with zero attached hydrogens (tertiary/aromatic N) is 1. The third-order valence-corrected chi connectivity index (χ3v) is 1.68. The Morgan fingerprint density at radius 1 is 1.54 bits per heavy atom. The van der Waals surface area contributed by atoms with Crippen LogP contribution in [0.25, 0.3) is 11.0 Å². The lowest BCUT2D eigenvalue weighted by atomic mass is 10.2. The summed E-state index contributed by atoms with van der Waals surface area (Å²) in [5.74, 6) is -0.453. The monoisotopic (exact) mass is 197 g/mol. The van der Waals surface area contributed by atoms with Crippen molar-refractivity contribution in [2.45, 2.75) is 0 Å². The van der Waals surface area contributed by atoms with Crippen molar-refractivity contribution in [1.29, 1.82) is 0 Å². The van der Waals surface area contributed by atoms with Gasteiger partial charge >= 0.3 is 0 Å². The second-order valence-corrected chi connectivity index (χ2v) is 2.50. The number of fused-ring (bicyclic) bond motifs is 1. The number of primary amides is 1. The van der Waals surface area contributed by atoms with E-state index >= 15 is 0 Å². The number of nitrogens with two attached hydrogens (primary N) is 1. The van der Waals surface area contributed by atoms with E-state index in [4.69, 9.17) is 5.73 Å². The SMILES string of the molecule is Cl.NC(=O)c1cnc2[nH]ccc2c1. The lowest BCUT2D eigenvalue weighted by molar-refractivity contribution is 0.1000. The quantitative estimate of drug-likeness (QED) is 0.718. The number of pyridine rings is 1. The maximum absolute atomic E-state index is 10.7. The Balaban J connectivity index is 0.000000845. The zero-order chi connectivity index (χ0) is 8.55. The first-order valence-corrected chi connectivity index (χ1v) is 3.50. The highest BCUT2D eigenvalue weighted by molar-refractivity contribution is 5.95. The molecule has 0 unspecified atom stereocenters. The average molecular weight is 198 g/mol. The molecule has 4 nitrogen and oxygen atoms in total. The van der Waals surface area contributed by atoms with Crippen LogP contribution in [0.3, 0.4) is 0 Å². The van der Waals surface area contributed by atoms with Gasteiger partial charge in [0, 0.05) is 17.8 Å². The first-order valence-electron chi connectivity index (χ1n) is 3.50. The van der Waals surface area contributed by atoms with Gasteiger partial charge in [0.15, 0.2) is 0 Å². The van der Waals surface area contributed by atoms with Crippen LogP contribution in [-0.2, 0) is 0 Å². The van der Waals surface area contributed by atoms with Gasteiger partial charge in [-0.3, -0.25) is 4.79 Å². The summed E-state index contributed by atoms with van der Waals surface area (Å²) < 4.78 is 0. The Kier molecular flexibility index (Phi) is 2.53. The van der Waals surface area contributed by atoms with E-state index < -0.39 is 5.91 Å².